The SMILES string of the molecule is CCCCCCCCCCCCCCCCCC(=O)OCC(COP(=O)(O)OCCNC1CC[C@@]2(C)C(CCC3C2C[C@@H](O)[C@]2(C)[C@@H](C4=CC(=O)OC4)CC[C@]32O)C1)OC(=O)CCCCCCCCCCCCCCCCC. The number of aliphatic hydroxyl groups is 2. The van der Waals surface area contributed by atoms with Crippen LogP contribution >= 0.6 is 7.82 Å². The summed E-state index contributed by atoms with van der Waals surface area (Å²) in [6.45, 7) is 8.72. The van der Waals surface area contributed by atoms with Crippen LogP contribution in [-0.2, 0) is 42.2 Å². The lowest BCUT2D eigenvalue weighted by atomic mass is 9.42. The summed E-state index contributed by atoms with van der Waals surface area (Å²) in [4.78, 5) is 48.6. The van der Waals surface area contributed by atoms with E-state index in [1.54, 1.807) is 6.08 Å². The smallest absolute Gasteiger partial charge is 0.462 e. The molecule has 4 aliphatic carbocycles. The molecular formula is C64H114NO12P. The van der Waals surface area contributed by atoms with Gasteiger partial charge in [0.2, 0.25) is 0 Å². The Bertz CT molecular complexity index is 1800. The molecular weight excluding hydrogens is 1010 g/mol. The van der Waals surface area contributed by atoms with E-state index in [9.17, 15) is 34.1 Å². The number of hydrogen-bond donors (Lipinski definition) is 4. The van der Waals surface area contributed by atoms with Crippen molar-refractivity contribution < 1.29 is 57.3 Å². The van der Waals surface area contributed by atoms with Crippen LogP contribution in [0.4, 0.5) is 0 Å². The Hall–Kier alpha value is -1.86. The minimum absolute atomic E-state index is 0.0416. The number of hydrogen-bond acceptors (Lipinski definition) is 12. The molecule has 452 valence electrons. The molecule has 14 heteroatoms. The maximum atomic E-state index is 13.2. The Morgan fingerprint density at radius 1 is 0.667 bits per heavy atom. The predicted molar refractivity (Wildman–Crippen MR) is 311 cm³/mol. The highest BCUT2D eigenvalue weighted by Crippen LogP contribution is 2.70. The summed E-state index contributed by atoms with van der Waals surface area (Å²) < 4.78 is 40.5. The minimum atomic E-state index is -4.55. The van der Waals surface area contributed by atoms with Crippen molar-refractivity contribution in [1.29, 1.82) is 0 Å². The zero-order valence-electron chi connectivity index (χ0n) is 49.9. The van der Waals surface area contributed by atoms with E-state index in [0.717, 1.165) is 82.6 Å². The van der Waals surface area contributed by atoms with Gasteiger partial charge >= 0.3 is 25.7 Å². The number of carbonyl (C=O) groups is 3. The van der Waals surface area contributed by atoms with Crippen LogP contribution in [-0.4, -0.2) is 89.8 Å². The minimum Gasteiger partial charge on any atom is -0.462 e. The van der Waals surface area contributed by atoms with Gasteiger partial charge in [-0.25, -0.2) is 9.36 Å². The molecule has 0 aromatic rings. The van der Waals surface area contributed by atoms with Crippen LogP contribution in [0.2, 0.25) is 0 Å². The third-order valence-electron chi connectivity index (χ3n) is 20.0. The Labute approximate surface area is 474 Å². The van der Waals surface area contributed by atoms with Crippen LogP contribution in [0.5, 0.6) is 0 Å². The molecule has 0 aromatic heterocycles. The second kappa shape index (κ2) is 36.0. The summed E-state index contributed by atoms with van der Waals surface area (Å²) >= 11 is 0. The number of aliphatic hydroxyl groups excluding tert-OH is 1. The summed E-state index contributed by atoms with van der Waals surface area (Å²) in [6, 6.07) is 0.184. The van der Waals surface area contributed by atoms with Gasteiger partial charge in [-0.3, -0.25) is 18.6 Å². The molecule has 0 bridgehead atoms. The molecule has 6 unspecified atom stereocenters. The molecule has 1 aliphatic heterocycles. The number of cyclic esters (lactones) is 1. The van der Waals surface area contributed by atoms with Crippen molar-refractivity contribution >= 4 is 25.7 Å². The largest absolute Gasteiger partial charge is 0.472 e. The fourth-order valence-corrected chi connectivity index (χ4v) is 15.9. The van der Waals surface area contributed by atoms with Gasteiger partial charge in [0.15, 0.2) is 6.10 Å². The second-order valence-electron chi connectivity index (χ2n) is 25.6. The van der Waals surface area contributed by atoms with Gasteiger partial charge in [-0.15, -0.1) is 0 Å². The molecule has 5 rings (SSSR count). The molecule has 4 saturated carbocycles. The topological polar surface area (TPSA) is 187 Å². The Kier molecular flexibility index (Phi) is 30.9. The molecule has 5 aliphatic rings. The van der Waals surface area contributed by atoms with E-state index >= 15 is 0 Å². The van der Waals surface area contributed by atoms with Crippen molar-refractivity contribution in [2.24, 2.45) is 34.5 Å². The van der Waals surface area contributed by atoms with Crippen molar-refractivity contribution in [2.45, 2.75) is 308 Å². The molecule has 0 aromatic carbocycles. The summed E-state index contributed by atoms with van der Waals surface area (Å²) in [5.41, 5.74) is -0.893. The quantitative estimate of drug-likeness (QED) is 0.0196. The van der Waals surface area contributed by atoms with E-state index in [2.05, 4.69) is 26.1 Å². The summed E-state index contributed by atoms with van der Waals surface area (Å²) in [5, 5.41) is 28.1. The lowest BCUT2D eigenvalue weighted by Gasteiger charge is -2.65. The van der Waals surface area contributed by atoms with E-state index in [1.807, 2.05) is 6.92 Å². The van der Waals surface area contributed by atoms with Crippen LogP contribution in [0.15, 0.2) is 11.6 Å². The normalized spacial score (nSPS) is 28.8. The van der Waals surface area contributed by atoms with E-state index in [-0.39, 0.29) is 73.8 Å². The monoisotopic (exact) mass is 1120 g/mol. The number of fused-ring (bicyclic) bond motifs is 5. The van der Waals surface area contributed by atoms with Crippen molar-refractivity contribution in [3.8, 4) is 0 Å². The second-order valence-corrected chi connectivity index (χ2v) is 27.0. The molecule has 0 radical (unpaired) electrons. The third kappa shape index (κ3) is 21.4. The van der Waals surface area contributed by atoms with Crippen molar-refractivity contribution in [3.63, 3.8) is 0 Å². The van der Waals surface area contributed by atoms with Crippen LogP contribution in [0.25, 0.3) is 0 Å². The number of phosphoric ester groups is 1. The molecule has 4 N–H and O–H groups in total. The standard InChI is InChI=1S/C64H114NO12P/c1-5-7-9-11-13-15-17-19-21-23-25-27-29-31-33-35-59(67)74-49-54(77-60(68)36-34-32-30-28-26-24-22-20-18-16-14-12-10-8-6-2)50-76-78(71,72)75-44-43-65-53-39-41-62(3)52(46-53)37-38-56-57(62)47-58(66)63(4)55(40-42-64(56,63)70)51-45-61(69)73-48-51/h45,52-58,65-66,70H,5-44,46-50H2,1-4H3,(H,71,72)/t52?,53?,54?,55-,56?,57?,58-,62+,63+,64+/m1/s1. The Morgan fingerprint density at radius 3 is 1.69 bits per heavy atom. The number of phosphoric acid groups is 1. The first kappa shape index (κ1) is 66.9. The van der Waals surface area contributed by atoms with E-state index in [4.69, 9.17) is 23.3 Å². The van der Waals surface area contributed by atoms with E-state index in [0.29, 0.717) is 31.7 Å². The number of ether oxygens (including phenoxy) is 3. The van der Waals surface area contributed by atoms with E-state index in [1.165, 1.54) is 148 Å². The van der Waals surface area contributed by atoms with Crippen LogP contribution in [0.1, 0.15) is 285 Å². The van der Waals surface area contributed by atoms with E-state index < -0.39 is 43.6 Å². The van der Waals surface area contributed by atoms with Gasteiger partial charge < -0.3 is 34.6 Å². The molecule has 11 atom stereocenters. The first-order valence-corrected chi connectivity index (χ1v) is 34.1. The van der Waals surface area contributed by atoms with Crippen molar-refractivity contribution in [3.05, 3.63) is 11.6 Å². The fraction of sp³-hybridized carbons (Fsp3) is 0.922. The number of nitrogens with one attached hydrogen (secondary N) is 1. The van der Waals surface area contributed by atoms with Gasteiger partial charge in [0.1, 0.15) is 13.2 Å². The maximum Gasteiger partial charge on any atom is 0.472 e. The summed E-state index contributed by atoms with van der Waals surface area (Å²) in [5.74, 6) is -0.598. The van der Waals surface area contributed by atoms with Crippen molar-refractivity contribution in [1.82, 2.24) is 5.32 Å². The molecule has 1 heterocycles. The van der Waals surface area contributed by atoms with Gasteiger partial charge in [-0.1, -0.05) is 207 Å². The molecule has 0 saturated heterocycles. The van der Waals surface area contributed by atoms with Gasteiger partial charge in [0, 0.05) is 36.9 Å². The third-order valence-corrected chi connectivity index (χ3v) is 21.0. The van der Waals surface area contributed by atoms with Gasteiger partial charge in [0.05, 0.1) is 24.9 Å². The van der Waals surface area contributed by atoms with Crippen LogP contribution in [0.3, 0.4) is 0 Å². The Balaban J connectivity index is 0.985. The van der Waals surface area contributed by atoms with Crippen LogP contribution < -0.4 is 5.32 Å². The fourth-order valence-electron chi connectivity index (χ4n) is 15.1. The number of unbranched alkanes of at least 4 members (excludes halogenated alkanes) is 28. The molecule has 13 nitrogen and oxygen atoms in total. The average Bonchev–Trinajstić information content (AvgIpc) is 3.90. The highest BCUT2D eigenvalue weighted by atomic mass is 31.2. The molecule has 78 heavy (non-hydrogen) atoms. The predicted octanol–water partition coefficient (Wildman–Crippen LogP) is 15.3. The summed E-state index contributed by atoms with van der Waals surface area (Å²) in [7, 11) is -4.55. The van der Waals surface area contributed by atoms with Gasteiger partial charge in [-0.05, 0) is 98.9 Å². The maximum absolute atomic E-state index is 13.2. The lowest BCUT2D eigenvalue weighted by Crippen LogP contribution is -2.67. The zero-order chi connectivity index (χ0) is 56.1. The van der Waals surface area contributed by atoms with Crippen molar-refractivity contribution in [2.75, 3.05) is 33.0 Å². The number of esters is 3. The average molecular weight is 1120 g/mol. The summed E-state index contributed by atoms with van der Waals surface area (Å²) in [6.07, 6.45) is 43.9. The number of rotatable bonds is 44. The first-order chi connectivity index (χ1) is 37.7. The van der Waals surface area contributed by atoms with Gasteiger partial charge in [-0.2, -0.15) is 0 Å². The molecule has 4 fully saturated rings. The lowest BCUT2D eigenvalue weighted by molar-refractivity contribution is -0.243. The van der Waals surface area contributed by atoms with Crippen LogP contribution in [0, 0.1) is 34.5 Å². The highest BCUT2D eigenvalue weighted by Gasteiger charge is 2.70. The molecule has 0 amide bonds. The zero-order valence-corrected chi connectivity index (χ0v) is 50.8. The molecule has 0 spiro atoms. The first-order valence-electron chi connectivity index (χ1n) is 32.6. The number of carbonyl (C=O) groups excluding carboxylic acids is 3. The Morgan fingerprint density at radius 2 is 1.18 bits per heavy atom. The van der Waals surface area contributed by atoms with Gasteiger partial charge in [0.25, 0.3) is 0 Å². The highest BCUT2D eigenvalue weighted by molar-refractivity contribution is 7.47.